The van der Waals surface area contributed by atoms with Gasteiger partial charge in [-0.05, 0) is 51.7 Å². The van der Waals surface area contributed by atoms with E-state index >= 15 is 0 Å². The van der Waals surface area contributed by atoms with Gasteiger partial charge in [0.1, 0.15) is 6.61 Å². The zero-order chi connectivity index (χ0) is 17.7. The van der Waals surface area contributed by atoms with Crippen LogP contribution in [0.3, 0.4) is 0 Å². The van der Waals surface area contributed by atoms with Gasteiger partial charge in [0.15, 0.2) is 10.8 Å². The zero-order valence-corrected chi connectivity index (χ0v) is 15.5. The quantitative estimate of drug-likeness (QED) is 0.783. The summed E-state index contributed by atoms with van der Waals surface area (Å²) in [4.78, 5) is 12.3. The Kier molecular flexibility index (Phi) is 6.24. The largest absolute Gasteiger partial charge is 0.486 e. The van der Waals surface area contributed by atoms with E-state index in [1.165, 1.54) is 16.5 Å². The number of allylic oxidation sites excluding steroid dienone is 2. The molecular formula is C18H25ClN2O3. The summed E-state index contributed by atoms with van der Waals surface area (Å²) in [5.41, 5.74) is 1.69. The number of hydrogen-bond donors (Lipinski definition) is 0. The molecule has 1 aromatic heterocycles. The van der Waals surface area contributed by atoms with Crippen molar-refractivity contribution in [1.29, 1.82) is 0 Å². The Bertz CT molecular complexity index is 699. The van der Waals surface area contributed by atoms with Crippen LogP contribution in [0.4, 0.5) is 0 Å². The number of ether oxygens (including phenoxy) is 2. The van der Waals surface area contributed by atoms with E-state index in [-0.39, 0.29) is 10.6 Å². The maximum absolute atomic E-state index is 12.3. The predicted molar refractivity (Wildman–Crippen MR) is 95.9 cm³/mol. The van der Waals surface area contributed by atoms with Crippen LogP contribution in [0.2, 0.25) is 5.02 Å². The molecule has 24 heavy (non-hydrogen) atoms. The van der Waals surface area contributed by atoms with E-state index in [0.29, 0.717) is 19.0 Å². The first kappa shape index (κ1) is 18.7. The molecule has 0 saturated carbocycles. The van der Waals surface area contributed by atoms with Crippen molar-refractivity contribution in [1.82, 2.24) is 9.78 Å². The molecule has 1 aromatic rings. The van der Waals surface area contributed by atoms with Gasteiger partial charge in [-0.3, -0.25) is 4.79 Å². The molecule has 0 atom stereocenters. The molecule has 0 fully saturated rings. The lowest BCUT2D eigenvalue weighted by Gasteiger charge is -2.21. The first-order valence-electron chi connectivity index (χ1n) is 8.19. The number of nitrogens with zero attached hydrogens (tertiary/aromatic N) is 2. The third-order valence-corrected chi connectivity index (χ3v) is 4.10. The van der Waals surface area contributed by atoms with Crippen molar-refractivity contribution >= 4 is 11.6 Å². The normalized spacial score (nSPS) is 15.0. The molecule has 0 radical (unpaired) electrons. The number of aromatic nitrogens is 2. The van der Waals surface area contributed by atoms with Gasteiger partial charge < -0.3 is 9.47 Å². The summed E-state index contributed by atoms with van der Waals surface area (Å²) in [6.07, 6.45) is 7.52. The average molecular weight is 353 g/mol. The van der Waals surface area contributed by atoms with E-state index in [4.69, 9.17) is 21.1 Å². The average Bonchev–Trinajstić information content (AvgIpc) is 2.54. The number of halogens is 1. The Morgan fingerprint density at radius 1 is 1.21 bits per heavy atom. The highest BCUT2D eigenvalue weighted by Gasteiger charge is 2.20. The fourth-order valence-electron chi connectivity index (χ4n) is 2.36. The van der Waals surface area contributed by atoms with Crippen molar-refractivity contribution in [2.45, 2.75) is 46.1 Å². The lowest BCUT2D eigenvalue weighted by Crippen LogP contribution is -2.36. The van der Waals surface area contributed by atoms with E-state index < -0.39 is 5.54 Å². The SMILES string of the molecule is CCOCC1=CC=C(COc2cnn(C(C)(C)C)c(=O)c2Cl)CC1. The molecule has 0 unspecified atom stereocenters. The second-order valence-electron chi connectivity index (χ2n) is 6.79. The van der Waals surface area contributed by atoms with Crippen LogP contribution >= 0.6 is 11.6 Å². The minimum absolute atomic E-state index is 0.0731. The van der Waals surface area contributed by atoms with Gasteiger partial charge in [-0.25, -0.2) is 4.68 Å². The van der Waals surface area contributed by atoms with Crippen LogP contribution in [-0.2, 0) is 10.3 Å². The van der Waals surface area contributed by atoms with Gasteiger partial charge in [0.2, 0.25) is 0 Å². The molecule has 1 aliphatic rings. The van der Waals surface area contributed by atoms with Crippen LogP contribution in [0.1, 0.15) is 40.5 Å². The Labute approximate surface area is 147 Å². The monoisotopic (exact) mass is 352 g/mol. The number of rotatable bonds is 6. The molecule has 2 rings (SSSR count). The Morgan fingerprint density at radius 3 is 2.38 bits per heavy atom. The summed E-state index contributed by atoms with van der Waals surface area (Å²) < 4.78 is 12.5. The molecular weight excluding hydrogens is 328 g/mol. The fourth-order valence-corrected chi connectivity index (χ4v) is 2.55. The minimum atomic E-state index is -0.424. The lowest BCUT2D eigenvalue weighted by atomic mass is 9.99. The van der Waals surface area contributed by atoms with Crippen molar-refractivity contribution in [3.05, 3.63) is 44.9 Å². The molecule has 6 heteroatoms. The fraction of sp³-hybridized carbons (Fsp3) is 0.556. The Hall–Kier alpha value is -1.59. The molecule has 5 nitrogen and oxygen atoms in total. The van der Waals surface area contributed by atoms with E-state index in [1.807, 2.05) is 27.7 Å². The summed E-state index contributed by atoms with van der Waals surface area (Å²) in [7, 11) is 0. The molecule has 1 heterocycles. The second-order valence-corrected chi connectivity index (χ2v) is 7.16. The predicted octanol–water partition coefficient (Wildman–Crippen LogP) is 3.71. The third-order valence-electron chi connectivity index (χ3n) is 3.75. The van der Waals surface area contributed by atoms with E-state index in [2.05, 4.69) is 17.3 Å². The third kappa shape index (κ3) is 4.71. The molecule has 0 saturated heterocycles. The molecule has 0 spiro atoms. The summed E-state index contributed by atoms with van der Waals surface area (Å²) >= 11 is 6.16. The highest BCUT2D eigenvalue weighted by atomic mass is 35.5. The van der Waals surface area contributed by atoms with Crippen LogP contribution in [0.15, 0.2) is 34.3 Å². The van der Waals surface area contributed by atoms with Gasteiger partial charge in [0.05, 0.1) is 18.3 Å². The molecule has 0 N–H and O–H groups in total. The molecule has 0 amide bonds. The van der Waals surface area contributed by atoms with Gasteiger partial charge in [0, 0.05) is 6.61 Å². The maximum Gasteiger partial charge on any atom is 0.289 e. The summed E-state index contributed by atoms with van der Waals surface area (Å²) in [6.45, 7) is 9.50. The van der Waals surface area contributed by atoms with Gasteiger partial charge in [0.25, 0.3) is 5.56 Å². The first-order chi connectivity index (χ1) is 11.3. The Balaban J connectivity index is 2.03. The summed E-state index contributed by atoms with van der Waals surface area (Å²) in [5.74, 6) is 0.326. The van der Waals surface area contributed by atoms with Crippen LogP contribution in [0.5, 0.6) is 5.75 Å². The van der Waals surface area contributed by atoms with Crippen molar-refractivity contribution in [2.24, 2.45) is 0 Å². The summed E-state index contributed by atoms with van der Waals surface area (Å²) in [6, 6.07) is 0. The second kappa shape index (κ2) is 7.99. The summed E-state index contributed by atoms with van der Waals surface area (Å²) in [5, 5.41) is 4.24. The number of hydrogen-bond acceptors (Lipinski definition) is 4. The minimum Gasteiger partial charge on any atom is -0.486 e. The van der Waals surface area contributed by atoms with Gasteiger partial charge >= 0.3 is 0 Å². The van der Waals surface area contributed by atoms with E-state index in [9.17, 15) is 4.79 Å². The smallest absolute Gasteiger partial charge is 0.289 e. The van der Waals surface area contributed by atoms with Crippen molar-refractivity contribution in [2.75, 3.05) is 19.8 Å². The Morgan fingerprint density at radius 2 is 1.83 bits per heavy atom. The first-order valence-corrected chi connectivity index (χ1v) is 8.57. The van der Waals surface area contributed by atoms with Crippen LogP contribution in [0, 0.1) is 0 Å². The molecule has 1 aliphatic carbocycles. The lowest BCUT2D eigenvalue weighted by molar-refractivity contribution is 0.168. The zero-order valence-electron chi connectivity index (χ0n) is 14.8. The van der Waals surface area contributed by atoms with Gasteiger partial charge in [-0.2, -0.15) is 5.10 Å². The highest BCUT2D eigenvalue weighted by molar-refractivity contribution is 6.31. The van der Waals surface area contributed by atoms with Crippen LogP contribution in [0.25, 0.3) is 0 Å². The maximum atomic E-state index is 12.3. The van der Waals surface area contributed by atoms with Crippen LogP contribution in [-0.4, -0.2) is 29.6 Å². The van der Waals surface area contributed by atoms with Crippen molar-refractivity contribution < 1.29 is 9.47 Å². The van der Waals surface area contributed by atoms with Crippen LogP contribution < -0.4 is 10.3 Å². The highest BCUT2D eigenvalue weighted by Crippen LogP contribution is 2.23. The molecule has 0 aromatic carbocycles. The van der Waals surface area contributed by atoms with E-state index in [1.54, 1.807) is 0 Å². The standard InChI is InChI=1S/C18H25ClN2O3/c1-5-23-11-13-6-8-14(9-7-13)12-24-15-10-20-21(18(2,3)4)17(22)16(15)19/h6,8,10H,5,7,9,11-12H2,1-4H3. The van der Waals surface area contributed by atoms with Gasteiger partial charge in [-0.1, -0.05) is 23.8 Å². The molecule has 0 bridgehead atoms. The molecule has 132 valence electrons. The van der Waals surface area contributed by atoms with Crippen molar-refractivity contribution in [3.8, 4) is 5.75 Å². The van der Waals surface area contributed by atoms with Gasteiger partial charge in [-0.15, -0.1) is 0 Å². The van der Waals surface area contributed by atoms with Crippen molar-refractivity contribution in [3.63, 3.8) is 0 Å². The van der Waals surface area contributed by atoms with E-state index in [0.717, 1.165) is 25.0 Å². The topological polar surface area (TPSA) is 53.4 Å². The molecule has 0 aliphatic heterocycles.